The van der Waals surface area contributed by atoms with Crippen molar-refractivity contribution in [3.8, 4) is 0 Å². The number of benzene rings is 2. The summed E-state index contributed by atoms with van der Waals surface area (Å²) in [4.78, 5) is 2.46. The molecule has 0 amide bonds. The maximum Gasteiger partial charge on any atom is 0.261 e. The van der Waals surface area contributed by atoms with Gasteiger partial charge in [-0.3, -0.25) is 4.72 Å². The van der Waals surface area contributed by atoms with E-state index in [4.69, 9.17) is 23.2 Å². The minimum absolute atomic E-state index is 0.205. The molecule has 23 heavy (non-hydrogen) atoms. The first-order chi connectivity index (χ1) is 10.9. The maximum atomic E-state index is 12.4. The molecule has 122 valence electrons. The van der Waals surface area contributed by atoms with E-state index in [0.29, 0.717) is 15.7 Å². The van der Waals surface area contributed by atoms with Crippen LogP contribution < -0.4 is 9.62 Å². The lowest BCUT2D eigenvalue weighted by Gasteiger charge is -2.17. The van der Waals surface area contributed by atoms with Gasteiger partial charge in [0.05, 0.1) is 10.6 Å². The summed E-state index contributed by atoms with van der Waals surface area (Å²) in [6.07, 6.45) is 2.36. The summed E-state index contributed by atoms with van der Waals surface area (Å²) in [5, 5.41) is 0.749. The van der Waals surface area contributed by atoms with Gasteiger partial charge >= 0.3 is 0 Å². The van der Waals surface area contributed by atoms with E-state index in [9.17, 15) is 8.42 Å². The van der Waals surface area contributed by atoms with Gasteiger partial charge in [0, 0.05) is 28.8 Å². The standard InChI is InChI=1S/C16H16Cl2N2O2S/c17-12-9-13(18)11-14(10-12)19-23(21,22)16-5-3-15(4-6-16)20-7-1-2-8-20/h3-6,9-11,19H,1-2,7-8H2. The molecular formula is C16H16Cl2N2O2S. The van der Waals surface area contributed by atoms with Gasteiger partial charge in [0.1, 0.15) is 0 Å². The highest BCUT2D eigenvalue weighted by molar-refractivity contribution is 7.92. The van der Waals surface area contributed by atoms with Crippen LogP contribution in [0.1, 0.15) is 12.8 Å². The molecule has 1 heterocycles. The molecular weight excluding hydrogens is 355 g/mol. The summed E-state index contributed by atoms with van der Waals surface area (Å²) in [6, 6.07) is 11.5. The first-order valence-corrected chi connectivity index (χ1v) is 9.52. The van der Waals surface area contributed by atoms with E-state index in [2.05, 4.69) is 9.62 Å². The smallest absolute Gasteiger partial charge is 0.261 e. The summed E-state index contributed by atoms with van der Waals surface area (Å²) in [7, 11) is -3.67. The molecule has 7 heteroatoms. The number of nitrogens with one attached hydrogen (secondary N) is 1. The van der Waals surface area contributed by atoms with E-state index >= 15 is 0 Å². The predicted octanol–water partition coefficient (Wildman–Crippen LogP) is 4.39. The summed E-state index contributed by atoms with van der Waals surface area (Å²) in [5.74, 6) is 0. The van der Waals surface area contributed by atoms with Crippen molar-refractivity contribution < 1.29 is 8.42 Å². The number of halogens is 2. The average molecular weight is 371 g/mol. The predicted molar refractivity (Wildman–Crippen MR) is 95.2 cm³/mol. The van der Waals surface area contributed by atoms with Crippen molar-refractivity contribution in [2.75, 3.05) is 22.7 Å². The Morgan fingerprint density at radius 1 is 0.913 bits per heavy atom. The zero-order valence-corrected chi connectivity index (χ0v) is 14.6. The van der Waals surface area contributed by atoms with E-state index in [1.165, 1.54) is 25.0 Å². The van der Waals surface area contributed by atoms with E-state index in [1.807, 2.05) is 12.1 Å². The maximum absolute atomic E-state index is 12.4. The van der Waals surface area contributed by atoms with Gasteiger partial charge in [-0.2, -0.15) is 0 Å². The molecule has 1 aliphatic rings. The molecule has 3 rings (SSSR count). The Kier molecular flexibility index (Phi) is 4.71. The van der Waals surface area contributed by atoms with Gasteiger partial charge in [-0.15, -0.1) is 0 Å². The van der Waals surface area contributed by atoms with Crippen LogP contribution >= 0.6 is 23.2 Å². The molecule has 0 aromatic heterocycles. The molecule has 1 N–H and O–H groups in total. The van der Waals surface area contributed by atoms with Gasteiger partial charge in [-0.25, -0.2) is 8.42 Å². The first kappa shape index (κ1) is 16.4. The second kappa shape index (κ2) is 6.59. The fourth-order valence-corrected chi connectivity index (χ4v) is 4.20. The fourth-order valence-electron chi connectivity index (χ4n) is 2.64. The van der Waals surface area contributed by atoms with Crippen molar-refractivity contribution in [1.82, 2.24) is 0 Å². The van der Waals surface area contributed by atoms with Crippen molar-refractivity contribution in [3.63, 3.8) is 0 Å². The van der Waals surface area contributed by atoms with E-state index in [-0.39, 0.29) is 4.90 Å². The fraction of sp³-hybridized carbons (Fsp3) is 0.250. The van der Waals surface area contributed by atoms with E-state index in [1.54, 1.807) is 18.2 Å². The summed E-state index contributed by atoms with van der Waals surface area (Å²) in [6.45, 7) is 2.04. The molecule has 1 fully saturated rings. The van der Waals surface area contributed by atoms with Crippen LogP contribution in [0.25, 0.3) is 0 Å². The molecule has 2 aromatic carbocycles. The highest BCUT2D eigenvalue weighted by atomic mass is 35.5. The third kappa shape index (κ3) is 3.91. The van der Waals surface area contributed by atoms with Crippen LogP contribution in [0.3, 0.4) is 0 Å². The van der Waals surface area contributed by atoms with Crippen LogP contribution in [0.2, 0.25) is 10.0 Å². The quantitative estimate of drug-likeness (QED) is 0.867. The number of rotatable bonds is 4. The molecule has 0 unspecified atom stereocenters. The molecule has 0 spiro atoms. The highest BCUT2D eigenvalue weighted by Crippen LogP contribution is 2.26. The Hall–Kier alpha value is -1.43. The van der Waals surface area contributed by atoms with Crippen molar-refractivity contribution in [2.45, 2.75) is 17.7 Å². The van der Waals surface area contributed by atoms with E-state index in [0.717, 1.165) is 18.8 Å². The minimum atomic E-state index is -3.67. The van der Waals surface area contributed by atoms with Crippen molar-refractivity contribution >= 4 is 44.6 Å². The third-order valence-electron chi connectivity index (χ3n) is 3.73. The zero-order chi connectivity index (χ0) is 16.4. The van der Waals surface area contributed by atoms with Crippen LogP contribution in [0.5, 0.6) is 0 Å². The summed E-state index contributed by atoms with van der Waals surface area (Å²) < 4.78 is 27.4. The average Bonchev–Trinajstić information content (AvgIpc) is 3.00. The minimum Gasteiger partial charge on any atom is -0.372 e. The van der Waals surface area contributed by atoms with Gasteiger partial charge in [0.2, 0.25) is 0 Å². The Balaban J connectivity index is 1.81. The molecule has 0 saturated carbocycles. The van der Waals surface area contributed by atoms with E-state index < -0.39 is 10.0 Å². The molecule has 1 aliphatic heterocycles. The second-order valence-corrected chi connectivity index (χ2v) is 8.01. The number of anilines is 2. The van der Waals surface area contributed by atoms with Crippen LogP contribution in [-0.2, 0) is 10.0 Å². The van der Waals surface area contributed by atoms with Crippen LogP contribution in [0.15, 0.2) is 47.4 Å². The normalized spacial score (nSPS) is 15.0. The number of hydrogen-bond acceptors (Lipinski definition) is 3. The lowest BCUT2D eigenvalue weighted by atomic mass is 10.3. The van der Waals surface area contributed by atoms with Gasteiger partial charge in [0.15, 0.2) is 0 Å². The van der Waals surface area contributed by atoms with Crippen molar-refractivity contribution in [1.29, 1.82) is 0 Å². The van der Waals surface area contributed by atoms with Gasteiger partial charge in [-0.05, 0) is 55.3 Å². The number of nitrogens with zero attached hydrogens (tertiary/aromatic N) is 1. The monoisotopic (exact) mass is 370 g/mol. The molecule has 0 radical (unpaired) electrons. The molecule has 0 bridgehead atoms. The number of hydrogen-bond donors (Lipinski definition) is 1. The highest BCUT2D eigenvalue weighted by Gasteiger charge is 2.17. The lowest BCUT2D eigenvalue weighted by molar-refractivity contribution is 0.601. The van der Waals surface area contributed by atoms with Crippen LogP contribution in [-0.4, -0.2) is 21.5 Å². The number of sulfonamides is 1. The Morgan fingerprint density at radius 2 is 1.48 bits per heavy atom. The molecule has 0 atom stereocenters. The topological polar surface area (TPSA) is 49.4 Å². The zero-order valence-electron chi connectivity index (χ0n) is 12.3. The molecule has 1 saturated heterocycles. The Bertz CT molecular complexity index is 781. The van der Waals surface area contributed by atoms with Gasteiger partial charge < -0.3 is 4.90 Å². The summed E-state index contributed by atoms with van der Waals surface area (Å²) in [5.41, 5.74) is 1.39. The van der Waals surface area contributed by atoms with Crippen LogP contribution in [0, 0.1) is 0 Å². The lowest BCUT2D eigenvalue weighted by Crippen LogP contribution is -2.18. The molecule has 2 aromatic rings. The third-order valence-corrected chi connectivity index (χ3v) is 5.57. The van der Waals surface area contributed by atoms with Crippen LogP contribution in [0.4, 0.5) is 11.4 Å². The Morgan fingerprint density at radius 3 is 2.04 bits per heavy atom. The van der Waals surface area contributed by atoms with Gasteiger partial charge in [-0.1, -0.05) is 23.2 Å². The largest absolute Gasteiger partial charge is 0.372 e. The first-order valence-electron chi connectivity index (χ1n) is 7.28. The summed E-state index contributed by atoms with van der Waals surface area (Å²) >= 11 is 11.8. The van der Waals surface area contributed by atoms with Crippen molar-refractivity contribution in [3.05, 3.63) is 52.5 Å². The van der Waals surface area contributed by atoms with Gasteiger partial charge in [0.25, 0.3) is 10.0 Å². The molecule has 4 nitrogen and oxygen atoms in total. The van der Waals surface area contributed by atoms with Crippen molar-refractivity contribution in [2.24, 2.45) is 0 Å². The SMILES string of the molecule is O=S(=O)(Nc1cc(Cl)cc(Cl)c1)c1ccc(N2CCCC2)cc1. The molecule has 0 aliphatic carbocycles. The Labute approximate surface area is 146 Å². The second-order valence-electron chi connectivity index (χ2n) is 5.45.